The second kappa shape index (κ2) is 5.50. The van der Waals surface area contributed by atoms with Crippen molar-refractivity contribution in [2.45, 2.75) is 50.7 Å². The summed E-state index contributed by atoms with van der Waals surface area (Å²) < 4.78 is 0.532. The molecule has 0 bridgehead atoms. The molecule has 2 nitrogen and oxygen atoms in total. The van der Waals surface area contributed by atoms with Gasteiger partial charge in [0.2, 0.25) is 0 Å². The summed E-state index contributed by atoms with van der Waals surface area (Å²) in [4.78, 5) is 2.61. The molecular weight excluding hydrogens is 228 g/mol. The van der Waals surface area contributed by atoms with Gasteiger partial charge in [0.1, 0.15) is 0 Å². The highest BCUT2D eigenvalue weighted by atomic mass is 32.2. The van der Waals surface area contributed by atoms with E-state index in [4.69, 9.17) is 5.73 Å². The van der Waals surface area contributed by atoms with E-state index in [-0.39, 0.29) is 0 Å². The van der Waals surface area contributed by atoms with Crippen LogP contribution in [-0.4, -0.2) is 41.6 Å². The second-order valence-electron chi connectivity index (χ2n) is 6.25. The summed E-state index contributed by atoms with van der Waals surface area (Å²) in [5.41, 5.74) is 6.33. The molecule has 0 aliphatic carbocycles. The minimum absolute atomic E-state index is 0.532. The molecule has 2 N–H and O–H groups in total. The van der Waals surface area contributed by atoms with E-state index in [1.165, 1.54) is 50.9 Å². The minimum atomic E-state index is 0.532. The Bertz CT molecular complexity index is 253. The summed E-state index contributed by atoms with van der Waals surface area (Å²) in [5.74, 6) is 1.36. The van der Waals surface area contributed by atoms with Gasteiger partial charge < -0.3 is 10.6 Å². The molecule has 0 aromatic carbocycles. The Morgan fingerprint density at radius 2 is 2.18 bits per heavy atom. The van der Waals surface area contributed by atoms with Crippen LogP contribution in [0.1, 0.15) is 46.0 Å². The zero-order chi connectivity index (χ0) is 12.4. The van der Waals surface area contributed by atoms with Gasteiger partial charge in [0.15, 0.2) is 0 Å². The molecule has 2 saturated heterocycles. The lowest BCUT2D eigenvalue weighted by atomic mass is 9.70. The first-order chi connectivity index (χ1) is 8.11. The predicted molar refractivity (Wildman–Crippen MR) is 77.5 cm³/mol. The fourth-order valence-corrected chi connectivity index (χ4v) is 5.35. The van der Waals surface area contributed by atoms with Crippen LogP contribution in [0.25, 0.3) is 0 Å². The fourth-order valence-electron chi connectivity index (χ4n) is 3.71. The molecule has 2 fully saturated rings. The maximum absolute atomic E-state index is 5.71. The zero-order valence-corrected chi connectivity index (χ0v) is 12.3. The van der Waals surface area contributed by atoms with Gasteiger partial charge in [-0.3, -0.25) is 0 Å². The Morgan fingerprint density at radius 1 is 1.35 bits per heavy atom. The Kier molecular flexibility index (Phi) is 4.43. The highest BCUT2D eigenvalue weighted by molar-refractivity contribution is 8.00. The van der Waals surface area contributed by atoms with E-state index < -0.39 is 0 Å². The van der Waals surface area contributed by atoms with Crippen LogP contribution in [0.4, 0.5) is 0 Å². The molecule has 0 saturated carbocycles. The summed E-state index contributed by atoms with van der Waals surface area (Å²) in [6.45, 7) is 9.32. The number of nitrogens with zero attached hydrogens (tertiary/aromatic N) is 1. The lowest BCUT2D eigenvalue weighted by molar-refractivity contribution is 0.0659. The molecule has 2 atom stereocenters. The van der Waals surface area contributed by atoms with Crippen molar-refractivity contribution in [3.8, 4) is 0 Å². The van der Waals surface area contributed by atoms with E-state index in [1.54, 1.807) is 0 Å². The van der Waals surface area contributed by atoms with Crippen molar-refractivity contribution >= 4 is 11.8 Å². The van der Waals surface area contributed by atoms with Gasteiger partial charge in [0.25, 0.3) is 0 Å². The highest BCUT2D eigenvalue weighted by Gasteiger charge is 2.43. The van der Waals surface area contributed by atoms with E-state index >= 15 is 0 Å². The average Bonchev–Trinajstić information content (AvgIpc) is 2.29. The third-order valence-electron chi connectivity index (χ3n) is 4.77. The Labute approximate surface area is 111 Å². The molecule has 2 aliphatic rings. The van der Waals surface area contributed by atoms with Crippen molar-refractivity contribution in [1.29, 1.82) is 0 Å². The van der Waals surface area contributed by atoms with Gasteiger partial charge in [-0.15, -0.1) is 0 Å². The van der Waals surface area contributed by atoms with Crippen LogP contribution < -0.4 is 5.73 Å². The normalized spacial score (nSPS) is 39.7. The Hall–Kier alpha value is 0.270. The van der Waals surface area contributed by atoms with Crippen molar-refractivity contribution in [2.75, 3.05) is 31.9 Å². The summed E-state index contributed by atoms with van der Waals surface area (Å²) in [6.07, 6.45) is 6.99. The van der Waals surface area contributed by atoms with Gasteiger partial charge in [0.05, 0.1) is 0 Å². The first kappa shape index (κ1) is 13.7. The average molecular weight is 256 g/mol. The third-order valence-corrected chi connectivity index (χ3v) is 6.30. The van der Waals surface area contributed by atoms with E-state index in [1.807, 2.05) is 0 Å². The number of rotatable bonds is 3. The van der Waals surface area contributed by atoms with Crippen LogP contribution in [0, 0.1) is 5.41 Å². The van der Waals surface area contributed by atoms with Crippen LogP contribution in [0.5, 0.6) is 0 Å². The lowest BCUT2D eigenvalue weighted by Gasteiger charge is -2.50. The van der Waals surface area contributed by atoms with E-state index in [2.05, 4.69) is 30.5 Å². The highest BCUT2D eigenvalue weighted by Crippen LogP contribution is 2.51. The summed E-state index contributed by atoms with van der Waals surface area (Å²) in [5, 5.41) is 0. The zero-order valence-electron chi connectivity index (χ0n) is 11.5. The first-order valence-electron chi connectivity index (χ1n) is 7.18. The topological polar surface area (TPSA) is 29.3 Å². The van der Waals surface area contributed by atoms with Crippen LogP contribution in [-0.2, 0) is 0 Å². The van der Waals surface area contributed by atoms with Gasteiger partial charge in [0, 0.05) is 24.4 Å². The standard InChI is InChI=1S/C14H28N2S/c1-3-13(2)11-14(6-10-17-13)5-4-8-16(12-14)9-7-15/h3-12,15H2,1-2H3. The van der Waals surface area contributed by atoms with Crippen molar-refractivity contribution in [3.63, 3.8) is 0 Å². The number of hydrogen-bond donors (Lipinski definition) is 1. The van der Waals surface area contributed by atoms with Gasteiger partial charge in [-0.1, -0.05) is 13.8 Å². The summed E-state index contributed by atoms with van der Waals surface area (Å²) in [6, 6.07) is 0. The van der Waals surface area contributed by atoms with Gasteiger partial charge >= 0.3 is 0 Å². The maximum Gasteiger partial charge on any atom is 0.0135 e. The second-order valence-corrected chi connectivity index (χ2v) is 7.93. The summed E-state index contributed by atoms with van der Waals surface area (Å²) in [7, 11) is 0. The quantitative estimate of drug-likeness (QED) is 0.842. The van der Waals surface area contributed by atoms with Crippen LogP contribution in [0.3, 0.4) is 0 Å². The molecule has 0 aromatic rings. The molecule has 2 aliphatic heterocycles. The Balaban J connectivity index is 2.02. The molecule has 0 aromatic heterocycles. The fraction of sp³-hybridized carbons (Fsp3) is 1.00. The molecule has 0 amide bonds. The summed E-state index contributed by atoms with van der Waals surface area (Å²) >= 11 is 2.20. The number of hydrogen-bond acceptors (Lipinski definition) is 3. The third kappa shape index (κ3) is 3.18. The molecule has 2 heterocycles. The SMILES string of the molecule is CCC1(C)CC2(CCCN(CCN)C2)CCS1. The van der Waals surface area contributed by atoms with Gasteiger partial charge in [-0.2, -0.15) is 11.8 Å². The van der Waals surface area contributed by atoms with E-state index in [0.29, 0.717) is 10.2 Å². The molecule has 3 heteroatoms. The number of nitrogens with two attached hydrogens (primary N) is 1. The number of thioether (sulfide) groups is 1. The molecule has 1 spiro atoms. The molecule has 17 heavy (non-hydrogen) atoms. The van der Waals surface area contributed by atoms with Crippen molar-refractivity contribution < 1.29 is 0 Å². The Morgan fingerprint density at radius 3 is 2.88 bits per heavy atom. The molecular formula is C14H28N2S. The number of likely N-dealkylation sites (tertiary alicyclic amines) is 1. The van der Waals surface area contributed by atoms with Crippen LogP contribution >= 0.6 is 11.8 Å². The molecule has 2 unspecified atom stereocenters. The van der Waals surface area contributed by atoms with E-state index in [0.717, 1.165) is 13.1 Å². The van der Waals surface area contributed by atoms with Gasteiger partial charge in [-0.05, 0) is 49.8 Å². The first-order valence-corrected chi connectivity index (χ1v) is 8.16. The predicted octanol–water partition coefficient (Wildman–Crippen LogP) is 2.72. The molecule has 0 radical (unpaired) electrons. The molecule has 100 valence electrons. The van der Waals surface area contributed by atoms with Crippen molar-refractivity contribution in [1.82, 2.24) is 4.90 Å². The van der Waals surface area contributed by atoms with E-state index in [9.17, 15) is 0 Å². The minimum Gasteiger partial charge on any atom is -0.329 e. The van der Waals surface area contributed by atoms with Crippen LogP contribution in [0.2, 0.25) is 0 Å². The smallest absolute Gasteiger partial charge is 0.0135 e. The van der Waals surface area contributed by atoms with Crippen LogP contribution in [0.15, 0.2) is 0 Å². The van der Waals surface area contributed by atoms with Gasteiger partial charge in [-0.25, -0.2) is 0 Å². The lowest BCUT2D eigenvalue weighted by Crippen LogP contribution is -2.49. The number of piperidine rings is 1. The maximum atomic E-state index is 5.71. The van der Waals surface area contributed by atoms with Crippen molar-refractivity contribution in [2.24, 2.45) is 11.1 Å². The molecule has 2 rings (SSSR count). The monoisotopic (exact) mass is 256 g/mol. The largest absolute Gasteiger partial charge is 0.329 e. The van der Waals surface area contributed by atoms with Crippen molar-refractivity contribution in [3.05, 3.63) is 0 Å².